The Morgan fingerprint density at radius 2 is 1.68 bits per heavy atom. The minimum atomic E-state index is -4.25. The summed E-state index contributed by atoms with van der Waals surface area (Å²) in [5.74, 6) is -3.48. The number of carboxylic acid groups (broad SMARTS) is 2. The zero-order valence-corrected chi connectivity index (χ0v) is 13.0. The van der Waals surface area contributed by atoms with Gasteiger partial charge >= 0.3 is 11.9 Å². The molecule has 0 aromatic carbocycles. The van der Waals surface area contributed by atoms with Gasteiger partial charge < -0.3 is 15.5 Å². The number of carbonyl (C=O) groups excluding carboxylic acids is 1. The highest BCUT2D eigenvalue weighted by Gasteiger charge is 2.27. The Morgan fingerprint density at radius 1 is 1.23 bits per heavy atom. The first-order valence-electron chi connectivity index (χ1n) is 5.85. The van der Waals surface area contributed by atoms with Crippen LogP contribution in [0.3, 0.4) is 0 Å². The fourth-order valence-electron chi connectivity index (χ4n) is 1.04. The normalized spacial score (nSPS) is 11.6. The lowest BCUT2D eigenvalue weighted by molar-refractivity contribution is -0.139. The minimum absolute atomic E-state index is 0.303. The third kappa shape index (κ3) is 10.6. The second-order valence-corrected chi connectivity index (χ2v) is 5.91. The van der Waals surface area contributed by atoms with Crippen molar-refractivity contribution in [1.29, 1.82) is 0 Å². The highest BCUT2D eigenvalue weighted by Crippen LogP contribution is 2.07. The quantitative estimate of drug-likeness (QED) is 0.380. The third-order valence-electron chi connectivity index (χ3n) is 2.06. The Morgan fingerprint density at radius 3 is 1.86 bits per heavy atom. The predicted octanol–water partition coefficient (Wildman–Crippen LogP) is 0.260. The van der Waals surface area contributed by atoms with E-state index >= 15 is 0 Å². The maximum Gasteiger partial charge on any atom is 0.331 e. The molecule has 126 valence electrons. The topological polar surface area (TPSA) is 158 Å². The molecule has 0 saturated heterocycles. The first-order valence-corrected chi connectivity index (χ1v) is 7.35. The molecular weight excluding hydrogens is 318 g/mol. The number of carboxylic acids is 2. The lowest BCUT2D eigenvalue weighted by Gasteiger charge is -2.17. The summed E-state index contributed by atoms with van der Waals surface area (Å²) in [5.41, 5.74) is -0.303. The van der Waals surface area contributed by atoms with Crippen LogP contribution in [0.1, 0.15) is 20.3 Å². The molecule has 0 radical (unpaired) electrons. The Bertz CT molecular complexity index is 549. The molecule has 0 bridgehead atoms. The van der Waals surface area contributed by atoms with E-state index in [0.29, 0.717) is 0 Å². The highest BCUT2D eigenvalue weighted by molar-refractivity contribution is 7.86. The summed E-state index contributed by atoms with van der Waals surface area (Å²) in [7, 11) is -4.25. The summed E-state index contributed by atoms with van der Waals surface area (Å²) in [5, 5.41) is 16.9. The largest absolute Gasteiger partial charge is 0.481 e. The molecule has 4 N–H and O–H groups in total. The molecule has 0 aliphatic heterocycles. The number of hydrogen-bond acceptors (Lipinski definition) is 5. The molecule has 1 atom stereocenters. The van der Waals surface area contributed by atoms with E-state index < -0.39 is 45.7 Å². The van der Waals surface area contributed by atoms with Crippen LogP contribution >= 0.6 is 0 Å². The van der Waals surface area contributed by atoms with E-state index in [0.717, 1.165) is 6.08 Å². The number of aliphatic carboxylic acids is 2. The molecule has 22 heavy (non-hydrogen) atoms. The fraction of sp³-hybridized carbons (Fsp3) is 0.417. The second-order valence-electron chi connectivity index (χ2n) is 4.37. The Kier molecular flexibility index (Phi) is 9.72. The van der Waals surface area contributed by atoms with Crippen LogP contribution in [0, 0.1) is 5.92 Å². The van der Waals surface area contributed by atoms with Gasteiger partial charge in [0.1, 0.15) is 0 Å². The molecule has 0 aliphatic rings. The minimum Gasteiger partial charge on any atom is -0.481 e. The molecule has 0 aromatic heterocycles. The van der Waals surface area contributed by atoms with E-state index in [9.17, 15) is 22.8 Å². The van der Waals surface area contributed by atoms with Gasteiger partial charge in [0.25, 0.3) is 10.1 Å². The van der Waals surface area contributed by atoms with Gasteiger partial charge in [-0.15, -0.1) is 0 Å². The van der Waals surface area contributed by atoms with Crippen LogP contribution in [-0.4, -0.2) is 46.4 Å². The van der Waals surface area contributed by atoms with Gasteiger partial charge in [-0.1, -0.05) is 27.0 Å². The van der Waals surface area contributed by atoms with Gasteiger partial charge in [0.05, 0.1) is 6.42 Å². The van der Waals surface area contributed by atoms with E-state index in [1.165, 1.54) is 0 Å². The van der Waals surface area contributed by atoms with Crippen LogP contribution in [0.15, 0.2) is 24.8 Å². The molecule has 0 heterocycles. The number of carbonyl (C=O) groups is 3. The van der Waals surface area contributed by atoms with Crippen molar-refractivity contribution in [2.45, 2.75) is 25.6 Å². The van der Waals surface area contributed by atoms with Crippen LogP contribution in [0.5, 0.6) is 0 Å². The number of amides is 1. The van der Waals surface area contributed by atoms with Crippen LogP contribution in [-0.2, 0) is 24.5 Å². The van der Waals surface area contributed by atoms with Gasteiger partial charge in [-0.25, -0.2) is 4.79 Å². The number of nitrogens with one attached hydrogen (secondary N) is 1. The van der Waals surface area contributed by atoms with Crippen LogP contribution in [0.4, 0.5) is 0 Å². The van der Waals surface area contributed by atoms with Gasteiger partial charge in [-0.05, 0) is 12.0 Å². The zero-order valence-electron chi connectivity index (χ0n) is 12.1. The molecule has 0 spiro atoms. The lowest BCUT2D eigenvalue weighted by atomic mass is 10.2. The van der Waals surface area contributed by atoms with Gasteiger partial charge in [0.15, 0.2) is 5.37 Å². The lowest BCUT2D eigenvalue weighted by Crippen LogP contribution is -2.43. The molecule has 0 fully saturated rings. The average molecular weight is 337 g/mol. The van der Waals surface area contributed by atoms with Crippen molar-refractivity contribution in [1.82, 2.24) is 5.32 Å². The van der Waals surface area contributed by atoms with Crippen molar-refractivity contribution >= 4 is 28.0 Å². The SMILES string of the molecule is C=C(CC(=O)O)C(=O)O.C=CC(=O)NC(C(C)C)S(=O)(=O)O. The molecule has 0 aliphatic carbocycles. The second kappa shape index (κ2) is 9.68. The predicted molar refractivity (Wildman–Crippen MR) is 77.5 cm³/mol. The number of hydrogen-bond donors (Lipinski definition) is 4. The Hall–Kier alpha value is -2.20. The van der Waals surface area contributed by atoms with Crippen molar-refractivity contribution in [2.24, 2.45) is 5.92 Å². The number of rotatable bonds is 7. The van der Waals surface area contributed by atoms with Crippen LogP contribution in [0.2, 0.25) is 0 Å². The van der Waals surface area contributed by atoms with E-state index in [1.807, 2.05) is 0 Å². The fourth-order valence-corrected chi connectivity index (χ4v) is 2.00. The highest BCUT2D eigenvalue weighted by atomic mass is 32.2. The molecule has 0 rings (SSSR count). The summed E-state index contributed by atoms with van der Waals surface area (Å²) in [6.07, 6.45) is 0.440. The Balaban J connectivity index is 0. The summed E-state index contributed by atoms with van der Waals surface area (Å²) in [4.78, 5) is 30.4. The maximum atomic E-state index is 10.8. The van der Waals surface area contributed by atoms with E-state index in [-0.39, 0.29) is 5.57 Å². The molecule has 0 aromatic rings. The van der Waals surface area contributed by atoms with Gasteiger partial charge in [-0.2, -0.15) is 8.42 Å². The smallest absolute Gasteiger partial charge is 0.331 e. The molecule has 9 nitrogen and oxygen atoms in total. The van der Waals surface area contributed by atoms with Gasteiger partial charge in [-0.3, -0.25) is 14.1 Å². The van der Waals surface area contributed by atoms with Crippen molar-refractivity contribution in [2.75, 3.05) is 0 Å². The monoisotopic (exact) mass is 337 g/mol. The van der Waals surface area contributed by atoms with Gasteiger partial charge in [0, 0.05) is 5.57 Å². The van der Waals surface area contributed by atoms with E-state index in [4.69, 9.17) is 14.8 Å². The van der Waals surface area contributed by atoms with Crippen molar-refractivity contribution in [3.05, 3.63) is 24.8 Å². The van der Waals surface area contributed by atoms with Crippen LogP contribution < -0.4 is 5.32 Å². The molecule has 1 unspecified atom stereocenters. The van der Waals surface area contributed by atoms with Crippen molar-refractivity contribution in [3.63, 3.8) is 0 Å². The van der Waals surface area contributed by atoms with Gasteiger partial charge in [0.2, 0.25) is 5.91 Å². The molecule has 1 amide bonds. The van der Waals surface area contributed by atoms with Crippen LogP contribution in [0.25, 0.3) is 0 Å². The molecule has 10 heteroatoms. The van der Waals surface area contributed by atoms with E-state index in [2.05, 4.69) is 18.5 Å². The third-order valence-corrected chi connectivity index (χ3v) is 3.37. The Labute approximate surface area is 128 Å². The average Bonchev–Trinajstić information content (AvgIpc) is 2.33. The van der Waals surface area contributed by atoms with Crippen molar-refractivity contribution < 1.29 is 37.6 Å². The maximum absolute atomic E-state index is 10.8. The zero-order chi connectivity index (χ0) is 18.1. The summed E-state index contributed by atoms with van der Waals surface area (Å²) in [6, 6.07) is 0. The first kappa shape index (κ1) is 22.1. The standard InChI is InChI=1S/C7H13NO4S.C5H6O4/c1-4-6(9)8-7(5(2)3)13(10,11)12;1-3(5(8)9)2-4(6)7/h4-5,7H,1H2,2-3H3,(H,8,9)(H,10,11,12);1-2H2,(H,6,7)(H,8,9). The summed E-state index contributed by atoms with van der Waals surface area (Å²) < 4.78 is 30.2. The molecule has 0 saturated carbocycles. The van der Waals surface area contributed by atoms with E-state index in [1.54, 1.807) is 13.8 Å². The summed E-state index contributed by atoms with van der Waals surface area (Å²) >= 11 is 0. The first-order chi connectivity index (χ1) is 9.82. The summed E-state index contributed by atoms with van der Waals surface area (Å²) in [6.45, 7) is 9.32. The van der Waals surface area contributed by atoms with Crippen molar-refractivity contribution in [3.8, 4) is 0 Å². The molecular formula is C12H19NO8S.